The van der Waals surface area contributed by atoms with Gasteiger partial charge in [-0.2, -0.15) is 26.3 Å². The van der Waals surface area contributed by atoms with Crippen LogP contribution >= 0.6 is 11.9 Å². The van der Waals surface area contributed by atoms with Crippen LogP contribution in [0.15, 0.2) is 35.6 Å². The van der Waals surface area contributed by atoms with Gasteiger partial charge in [0.15, 0.2) is 0 Å². The van der Waals surface area contributed by atoms with Gasteiger partial charge in [0.2, 0.25) is 11.9 Å². The molecule has 2 saturated heterocycles. The number of nitrogens with zero attached hydrogens (tertiary/aromatic N) is 6. The molecule has 9 nitrogen and oxygen atoms in total. The molecule has 4 heterocycles. The number of halogens is 6. The summed E-state index contributed by atoms with van der Waals surface area (Å²) in [6.07, 6.45) is -9.46. The molecule has 0 aliphatic carbocycles. The number of carbonyl (C=O) groups is 1. The van der Waals surface area contributed by atoms with E-state index < -0.39 is 23.5 Å². The minimum absolute atomic E-state index is 0.00731. The molecule has 0 radical (unpaired) electrons. The Labute approximate surface area is 232 Å². The fraction of sp³-hybridized carbons (Fsp3) is 0.583. The lowest BCUT2D eigenvalue weighted by Gasteiger charge is -2.38. The highest BCUT2D eigenvalue weighted by Gasteiger charge is 2.71. The lowest BCUT2D eigenvalue weighted by atomic mass is 9.95. The van der Waals surface area contributed by atoms with Gasteiger partial charge in [-0.3, -0.25) is 14.7 Å². The van der Waals surface area contributed by atoms with Crippen molar-refractivity contribution < 1.29 is 36.2 Å². The molecule has 2 aliphatic rings. The SMILES string of the molecule is CN1CCNC(=O)C1(C)C.Cc1ccc(SN2CCN(c3ncc(C(O)(C(F)(F)F)C(F)(F)F)cn3)CC2)cn1. The maximum Gasteiger partial charge on any atom is 0.430 e. The summed E-state index contributed by atoms with van der Waals surface area (Å²) < 4.78 is 79.7. The van der Waals surface area contributed by atoms with E-state index in [1.54, 1.807) is 11.1 Å². The van der Waals surface area contributed by atoms with Crippen molar-refractivity contribution in [2.45, 2.75) is 49.2 Å². The number of amides is 1. The van der Waals surface area contributed by atoms with Gasteiger partial charge in [0, 0.05) is 74.0 Å². The first-order valence-corrected chi connectivity index (χ1v) is 13.0. The number of piperazine rings is 2. The van der Waals surface area contributed by atoms with E-state index in [1.807, 2.05) is 40.0 Å². The van der Waals surface area contributed by atoms with Crippen molar-refractivity contribution in [3.63, 3.8) is 0 Å². The van der Waals surface area contributed by atoms with E-state index in [4.69, 9.17) is 0 Å². The average molecular weight is 596 g/mol. The van der Waals surface area contributed by atoms with Gasteiger partial charge in [0.25, 0.3) is 5.60 Å². The summed E-state index contributed by atoms with van der Waals surface area (Å²) in [6, 6.07) is 3.82. The largest absolute Gasteiger partial charge is 0.430 e. The summed E-state index contributed by atoms with van der Waals surface area (Å²) >= 11 is 1.50. The fourth-order valence-corrected chi connectivity index (χ4v) is 4.68. The number of aromatic nitrogens is 3. The van der Waals surface area contributed by atoms with Crippen LogP contribution in [0.2, 0.25) is 0 Å². The first-order chi connectivity index (χ1) is 18.5. The minimum Gasteiger partial charge on any atom is -0.369 e. The molecule has 2 aromatic heterocycles. The first kappa shape index (κ1) is 31.8. The van der Waals surface area contributed by atoms with E-state index in [0.717, 1.165) is 23.7 Å². The van der Waals surface area contributed by atoms with Gasteiger partial charge in [0.1, 0.15) is 0 Å². The summed E-state index contributed by atoms with van der Waals surface area (Å²) in [5.41, 5.74) is -5.94. The van der Waals surface area contributed by atoms with Crippen molar-refractivity contribution in [1.29, 1.82) is 0 Å². The smallest absolute Gasteiger partial charge is 0.369 e. The Morgan fingerprint density at radius 1 is 0.925 bits per heavy atom. The molecule has 0 atom stereocenters. The number of pyridine rings is 1. The Kier molecular flexibility index (Phi) is 9.58. The predicted molar refractivity (Wildman–Crippen MR) is 136 cm³/mol. The van der Waals surface area contributed by atoms with E-state index >= 15 is 0 Å². The zero-order valence-corrected chi connectivity index (χ0v) is 23.2. The third-order valence-corrected chi connectivity index (χ3v) is 7.84. The van der Waals surface area contributed by atoms with Gasteiger partial charge in [-0.05, 0) is 51.9 Å². The highest BCUT2D eigenvalue weighted by atomic mass is 32.2. The van der Waals surface area contributed by atoms with Crippen LogP contribution in [-0.4, -0.2) is 99.4 Å². The molecule has 0 aromatic carbocycles. The molecule has 222 valence electrons. The molecular weight excluding hydrogens is 564 g/mol. The molecule has 2 fully saturated rings. The van der Waals surface area contributed by atoms with Gasteiger partial charge < -0.3 is 15.3 Å². The summed E-state index contributed by atoms with van der Waals surface area (Å²) in [5.74, 6) is 0.119. The molecule has 2 aromatic rings. The Morgan fingerprint density at radius 2 is 1.50 bits per heavy atom. The zero-order chi connectivity index (χ0) is 29.9. The van der Waals surface area contributed by atoms with E-state index in [2.05, 4.69) is 29.5 Å². The lowest BCUT2D eigenvalue weighted by Crippen LogP contribution is -2.60. The zero-order valence-electron chi connectivity index (χ0n) is 22.3. The van der Waals surface area contributed by atoms with Crippen LogP contribution in [0.5, 0.6) is 0 Å². The maximum absolute atomic E-state index is 12.9. The maximum atomic E-state index is 12.9. The molecule has 4 rings (SSSR count). The molecule has 0 unspecified atom stereocenters. The van der Waals surface area contributed by atoms with E-state index in [0.29, 0.717) is 38.6 Å². The Bertz CT molecular complexity index is 1120. The highest BCUT2D eigenvalue weighted by Crippen LogP contribution is 2.49. The monoisotopic (exact) mass is 595 g/mol. The van der Waals surface area contributed by atoms with Gasteiger partial charge in [-0.15, -0.1) is 0 Å². The molecule has 0 spiro atoms. The molecule has 40 heavy (non-hydrogen) atoms. The van der Waals surface area contributed by atoms with E-state index in [9.17, 15) is 36.2 Å². The van der Waals surface area contributed by atoms with Crippen molar-refractivity contribution in [3.05, 3.63) is 42.0 Å². The van der Waals surface area contributed by atoms with E-state index in [-0.39, 0.29) is 17.4 Å². The van der Waals surface area contributed by atoms with Crippen LogP contribution < -0.4 is 10.2 Å². The summed E-state index contributed by atoms with van der Waals surface area (Å²) in [5, 5.41) is 12.2. The van der Waals surface area contributed by atoms with Crippen molar-refractivity contribution in [2.75, 3.05) is 51.2 Å². The molecule has 1 amide bonds. The first-order valence-electron chi connectivity index (χ1n) is 12.2. The molecule has 2 N–H and O–H groups in total. The Balaban J connectivity index is 0.000000371. The van der Waals surface area contributed by atoms with Gasteiger partial charge >= 0.3 is 12.4 Å². The third-order valence-electron chi connectivity index (χ3n) is 6.76. The molecule has 2 aliphatic heterocycles. The van der Waals surface area contributed by atoms with Crippen molar-refractivity contribution in [2.24, 2.45) is 0 Å². The van der Waals surface area contributed by atoms with Gasteiger partial charge in [0.05, 0.1) is 5.54 Å². The van der Waals surface area contributed by atoms with Crippen molar-refractivity contribution in [3.8, 4) is 0 Å². The van der Waals surface area contributed by atoms with Gasteiger partial charge in [-0.25, -0.2) is 14.3 Å². The number of likely N-dealkylation sites (N-methyl/N-ethyl adjacent to an activating group) is 1. The van der Waals surface area contributed by atoms with E-state index in [1.165, 1.54) is 11.9 Å². The molecule has 0 saturated carbocycles. The molecular formula is C24H31F6N7O2S. The second kappa shape index (κ2) is 12.0. The number of aliphatic hydroxyl groups is 1. The fourth-order valence-electron chi connectivity index (χ4n) is 3.80. The normalized spacial score (nSPS) is 19.1. The summed E-state index contributed by atoms with van der Waals surface area (Å²) in [4.78, 5) is 27.3. The minimum atomic E-state index is -5.97. The van der Waals surface area contributed by atoms with Crippen LogP contribution in [0.4, 0.5) is 32.3 Å². The van der Waals surface area contributed by atoms with Crippen LogP contribution in [0.1, 0.15) is 25.1 Å². The number of aryl methyl sites for hydroxylation is 1. The number of anilines is 1. The lowest BCUT2D eigenvalue weighted by molar-refractivity contribution is -0.376. The number of hydrogen-bond acceptors (Lipinski definition) is 9. The third kappa shape index (κ3) is 6.95. The average Bonchev–Trinajstić information content (AvgIpc) is 2.88. The van der Waals surface area contributed by atoms with Crippen LogP contribution in [0, 0.1) is 6.92 Å². The Hall–Kier alpha value is -2.69. The van der Waals surface area contributed by atoms with Crippen LogP contribution in [0.25, 0.3) is 0 Å². The predicted octanol–water partition coefficient (Wildman–Crippen LogP) is 3.15. The molecule has 16 heteroatoms. The highest BCUT2D eigenvalue weighted by molar-refractivity contribution is 7.97. The number of alkyl halides is 6. The van der Waals surface area contributed by atoms with Gasteiger partial charge in [-0.1, -0.05) is 0 Å². The van der Waals surface area contributed by atoms with Crippen LogP contribution in [-0.2, 0) is 10.4 Å². The second-order valence-corrected chi connectivity index (χ2v) is 11.0. The number of nitrogens with one attached hydrogen (secondary N) is 1. The summed E-state index contributed by atoms with van der Waals surface area (Å²) in [6.45, 7) is 9.45. The quantitative estimate of drug-likeness (QED) is 0.408. The Morgan fingerprint density at radius 3 is 1.95 bits per heavy atom. The molecule has 0 bridgehead atoms. The van der Waals surface area contributed by atoms with Crippen LogP contribution in [0.3, 0.4) is 0 Å². The number of carbonyl (C=O) groups excluding carboxylic acids is 1. The van der Waals surface area contributed by atoms with Crippen molar-refractivity contribution in [1.82, 2.24) is 29.5 Å². The second-order valence-electron chi connectivity index (χ2n) is 9.86. The standard InChI is InChI=1S/C17H17F6N5OS.C7H14N2O/c1-11-2-3-13(10-24-11)30-28-6-4-27(5-7-28)14-25-8-12(9-26-14)15(29,16(18,19)20)17(21,22)23;1-7(2)6(10)8-4-5-9(7)3/h2-3,8-10,29H,4-7H2,1H3;4-5H2,1-3H3,(H,8,10). The number of rotatable bonds is 4. The number of hydrogen-bond donors (Lipinski definition) is 2. The topological polar surface area (TPSA) is 97.7 Å². The summed E-state index contributed by atoms with van der Waals surface area (Å²) in [7, 11) is 1.97. The van der Waals surface area contributed by atoms with Crippen molar-refractivity contribution >= 4 is 23.8 Å².